The van der Waals surface area contributed by atoms with Gasteiger partial charge in [0.1, 0.15) is 6.54 Å². The van der Waals surface area contributed by atoms with E-state index in [-0.39, 0.29) is 12.5 Å². The summed E-state index contributed by atoms with van der Waals surface area (Å²) in [5.74, 6) is -0.564. The molecule has 0 spiro atoms. The third-order valence-corrected chi connectivity index (χ3v) is 7.86. The largest absolute Gasteiger partial charge is 0.342 e. The number of aromatic nitrogens is 1. The van der Waals surface area contributed by atoms with Gasteiger partial charge >= 0.3 is 0 Å². The average Bonchev–Trinajstić information content (AvgIpc) is 3.61. The van der Waals surface area contributed by atoms with E-state index in [0.29, 0.717) is 24.5 Å². The van der Waals surface area contributed by atoms with E-state index < -0.39 is 11.1 Å². The lowest BCUT2D eigenvalue weighted by atomic mass is 10.0. The molecule has 2 fully saturated rings. The number of rotatable bonds is 5. The summed E-state index contributed by atoms with van der Waals surface area (Å²) in [6.45, 7) is 1.88. The number of thioether (sulfide) groups is 1. The Kier molecular flexibility index (Phi) is 5.85. The van der Waals surface area contributed by atoms with Gasteiger partial charge in [0, 0.05) is 42.3 Å². The smallest absolute Gasteiger partial charge is 0.294 e. The van der Waals surface area contributed by atoms with Crippen LogP contribution in [0.3, 0.4) is 0 Å². The fourth-order valence-electron chi connectivity index (χ4n) is 5.11. The maximum atomic E-state index is 13.1. The lowest BCUT2D eigenvalue weighted by Crippen LogP contribution is -2.40. The molecule has 36 heavy (non-hydrogen) atoms. The van der Waals surface area contributed by atoms with Crippen LogP contribution in [0.25, 0.3) is 27.8 Å². The number of carbonyl (C=O) groups is 3. The average molecular weight is 496 g/mol. The van der Waals surface area contributed by atoms with E-state index in [1.54, 1.807) is 11.0 Å². The highest BCUT2D eigenvalue weighted by atomic mass is 32.2. The predicted octanol–water partition coefficient (Wildman–Crippen LogP) is 5.50. The predicted molar refractivity (Wildman–Crippen MR) is 143 cm³/mol. The SMILES string of the molecule is O=C(CN1C(=O)S/C(=C/c2cn(Cc3cccc4ccccc34)c3ccccc23)C1=O)N1CCCC1. The number of carbonyl (C=O) groups excluding carboxylic acids is 3. The van der Waals surface area contributed by atoms with E-state index in [1.165, 1.54) is 16.3 Å². The Balaban J connectivity index is 1.31. The number of para-hydroxylation sites is 1. The molecular formula is C29H25N3O3S. The van der Waals surface area contributed by atoms with Gasteiger partial charge in [0.25, 0.3) is 11.1 Å². The van der Waals surface area contributed by atoms with Crippen molar-refractivity contribution in [1.29, 1.82) is 0 Å². The normalized spacial score (nSPS) is 17.3. The third-order valence-electron chi connectivity index (χ3n) is 6.95. The van der Waals surface area contributed by atoms with Crippen molar-refractivity contribution in [2.24, 2.45) is 0 Å². The zero-order valence-corrected chi connectivity index (χ0v) is 20.5. The number of hydrogen-bond donors (Lipinski definition) is 0. The number of amides is 3. The van der Waals surface area contributed by atoms with Gasteiger partial charge in [0.05, 0.1) is 4.91 Å². The molecule has 2 aliphatic heterocycles. The van der Waals surface area contributed by atoms with Gasteiger partial charge in [-0.3, -0.25) is 19.3 Å². The van der Waals surface area contributed by atoms with Gasteiger partial charge in [-0.25, -0.2) is 0 Å². The molecule has 0 radical (unpaired) electrons. The number of nitrogens with zero attached hydrogens (tertiary/aromatic N) is 3. The summed E-state index contributed by atoms with van der Waals surface area (Å²) in [6, 6.07) is 22.7. The molecule has 6 nitrogen and oxygen atoms in total. The van der Waals surface area contributed by atoms with Gasteiger partial charge in [0.15, 0.2) is 0 Å². The molecule has 180 valence electrons. The molecule has 0 saturated carbocycles. The van der Waals surface area contributed by atoms with Gasteiger partial charge in [0.2, 0.25) is 5.91 Å². The van der Waals surface area contributed by atoms with Crippen molar-refractivity contribution < 1.29 is 14.4 Å². The first-order valence-electron chi connectivity index (χ1n) is 12.2. The van der Waals surface area contributed by atoms with E-state index in [9.17, 15) is 14.4 Å². The molecule has 7 heteroatoms. The Hall–Kier alpha value is -3.84. The fraction of sp³-hybridized carbons (Fsp3) is 0.207. The van der Waals surface area contributed by atoms with E-state index in [1.807, 2.05) is 30.5 Å². The summed E-state index contributed by atoms with van der Waals surface area (Å²) in [5.41, 5.74) is 3.14. The van der Waals surface area contributed by atoms with Crippen LogP contribution in [-0.2, 0) is 16.1 Å². The minimum atomic E-state index is -0.400. The Bertz CT molecular complexity index is 1540. The topological polar surface area (TPSA) is 62.6 Å². The highest BCUT2D eigenvalue weighted by molar-refractivity contribution is 8.18. The van der Waals surface area contributed by atoms with Crippen LogP contribution in [0.4, 0.5) is 4.79 Å². The van der Waals surface area contributed by atoms with E-state index in [4.69, 9.17) is 0 Å². The Morgan fingerprint density at radius 3 is 2.44 bits per heavy atom. The van der Waals surface area contributed by atoms with Crippen molar-refractivity contribution in [2.75, 3.05) is 19.6 Å². The second-order valence-corrected chi connectivity index (χ2v) is 10.2. The summed E-state index contributed by atoms with van der Waals surface area (Å²) in [4.78, 5) is 41.4. The molecule has 0 unspecified atom stereocenters. The van der Waals surface area contributed by atoms with Crippen molar-refractivity contribution in [1.82, 2.24) is 14.4 Å². The number of likely N-dealkylation sites (tertiary alicyclic amines) is 1. The molecule has 0 atom stereocenters. The molecule has 3 heterocycles. The second-order valence-electron chi connectivity index (χ2n) is 9.22. The minimum absolute atomic E-state index is 0.164. The van der Waals surface area contributed by atoms with Crippen LogP contribution >= 0.6 is 11.8 Å². The maximum absolute atomic E-state index is 13.1. The quantitative estimate of drug-likeness (QED) is 0.343. The number of fused-ring (bicyclic) bond motifs is 2. The van der Waals surface area contributed by atoms with Crippen LogP contribution in [0.5, 0.6) is 0 Å². The van der Waals surface area contributed by atoms with Crippen molar-refractivity contribution >= 4 is 56.6 Å². The first-order chi connectivity index (χ1) is 17.6. The molecule has 0 aliphatic carbocycles. The van der Waals surface area contributed by atoms with Crippen molar-refractivity contribution in [3.8, 4) is 0 Å². The molecule has 1 aromatic heterocycles. The summed E-state index contributed by atoms with van der Waals surface area (Å²) >= 11 is 0.903. The van der Waals surface area contributed by atoms with Crippen LogP contribution < -0.4 is 0 Å². The Morgan fingerprint density at radius 1 is 0.889 bits per heavy atom. The van der Waals surface area contributed by atoms with E-state index >= 15 is 0 Å². The monoisotopic (exact) mass is 495 g/mol. The standard InChI is InChI=1S/C29H25N3O3S/c33-27(30-14-5-6-15-30)19-32-28(34)26(36-29(32)35)16-22-18-31(25-13-4-3-12-24(22)25)17-21-10-7-9-20-8-1-2-11-23(20)21/h1-4,7-13,16,18H,5-6,14-15,17,19H2/b26-16+. The lowest BCUT2D eigenvalue weighted by Gasteiger charge is -2.18. The molecule has 3 amide bonds. The van der Waals surface area contributed by atoms with Crippen LogP contribution in [0.15, 0.2) is 77.8 Å². The van der Waals surface area contributed by atoms with Crippen LogP contribution in [0.2, 0.25) is 0 Å². The van der Waals surface area contributed by atoms with Crippen LogP contribution in [-0.4, -0.2) is 51.1 Å². The van der Waals surface area contributed by atoms with E-state index in [0.717, 1.165) is 46.0 Å². The Labute approximate surface area is 213 Å². The van der Waals surface area contributed by atoms with Gasteiger partial charge in [-0.1, -0.05) is 60.7 Å². The summed E-state index contributed by atoms with van der Waals surface area (Å²) in [5, 5.41) is 3.03. The summed E-state index contributed by atoms with van der Waals surface area (Å²) < 4.78 is 2.18. The van der Waals surface area contributed by atoms with Crippen LogP contribution in [0, 0.1) is 0 Å². The van der Waals surface area contributed by atoms with Crippen molar-refractivity contribution in [2.45, 2.75) is 19.4 Å². The van der Waals surface area contributed by atoms with Gasteiger partial charge in [-0.15, -0.1) is 0 Å². The van der Waals surface area contributed by atoms with Gasteiger partial charge in [-0.05, 0) is 53.1 Å². The first-order valence-corrected chi connectivity index (χ1v) is 13.0. The number of imide groups is 1. The second kappa shape index (κ2) is 9.32. The number of benzene rings is 3. The third kappa shape index (κ3) is 4.09. The highest BCUT2D eigenvalue weighted by Crippen LogP contribution is 2.34. The van der Waals surface area contributed by atoms with E-state index in [2.05, 4.69) is 47.0 Å². The molecule has 2 aliphatic rings. The van der Waals surface area contributed by atoms with Gasteiger partial charge in [-0.2, -0.15) is 0 Å². The first kappa shape index (κ1) is 22.6. The molecule has 4 aromatic rings. The lowest BCUT2D eigenvalue weighted by molar-refractivity contribution is -0.135. The summed E-state index contributed by atoms with van der Waals surface area (Å²) in [6.07, 6.45) is 5.76. The molecule has 0 N–H and O–H groups in total. The fourth-order valence-corrected chi connectivity index (χ4v) is 5.94. The zero-order valence-electron chi connectivity index (χ0n) is 19.7. The molecule has 2 saturated heterocycles. The highest BCUT2D eigenvalue weighted by Gasteiger charge is 2.37. The molecule has 0 bridgehead atoms. The van der Waals surface area contributed by atoms with Gasteiger partial charge < -0.3 is 9.47 Å². The molecule has 6 rings (SSSR count). The Morgan fingerprint density at radius 2 is 1.61 bits per heavy atom. The maximum Gasteiger partial charge on any atom is 0.294 e. The minimum Gasteiger partial charge on any atom is -0.342 e. The molecular weight excluding hydrogens is 470 g/mol. The van der Waals surface area contributed by atoms with Crippen LogP contribution in [0.1, 0.15) is 24.0 Å². The van der Waals surface area contributed by atoms with Crippen molar-refractivity contribution in [3.05, 3.63) is 89.0 Å². The number of hydrogen-bond acceptors (Lipinski definition) is 4. The summed E-state index contributed by atoms with van der Waals surface area (Å²) in [7, 11) is 0. The zero-order chi connectivity index (χ0) is 24.6. The van der Waals surface area contributed by atoms with Crippen molar-refractivity contribution in [3.63, 3.8) is 0 Å². The molecule has 3 aromatic carbocycles.